The van der Waals surface area contributed by atoms with E-state index >= 15 is 0 Å². The summed E-state index contributed by atoms with van der Waals surface area (Å²) >= 11 is 0. The van der Waals surface area contributed by atoms with Gasteiger partial charge in [-0.15, -0.1) is 0 Å². The van der Waals surface area contributed by atoms with Crippen LogP contribution < -0.4 is 5.73 Å². The van der Waals surface area contributed by atoms with Crippen molar-refractivity contribution >= 4 is 0 Å². The molecule has 1 heteroatoms. The van der Waals surface area contributed by atoms with Gasteiger partial charge >= 0.3 is 0 Å². The zero-order valence-corrected chi connectivity index (χ0v) is 9.26. The molecule has 1 aliphatic rings. The summed E-state index contributed by atoms with van der Waals surface area (Å²) in [6.45, 7) is 5.49. The molecule has 0 amide bonds. The van der Waals surface area contributed by atoms with E-state index in [9.17, 15) is 0 Å². The largest absolute Gasteiger partial charge is 0.330 e. The molecule has 13 heavy (non-hydrogen) atoms. The molecule has 0 radical (unpaired) electrons. The summed E-state index contributed by atoms with van der Waals surface area (Å²) in [5.41, 5.74) is 5.79. The maximum absolute atomic E-state index is 5.79. The number of nitrogens with two attached hydrogens (primary N) is 1. The molecule has 2 N–H and O–H groups in total. The molecule has 1 fully saturated rings. The van der Waals surface area contributed by atoms with Gasteiger partial charge in [-0.1, -0.05) is 46.0 Å². The minimum absolute atomic E-state index is 0.767. The molecule has 0 spiro atoms. The molecule has 0 aromatic carbocycles. The summed E-state index contributed by atoms with van der Waals surface area (Å²) in [7, 11) is 0. The van der Waals surface area contributed by atoms with Gasteiger partial charge in [0.25, 0.3) is 0 Å². The van der Waals surface area contributed by atoms with Crippen LogP contribution in [-0.4, -0.2) is 6.54 Å². The lowest BCUT2D eigenvalue weighted by atomic mass is 9.79. The lowest BCUT2D eigenvalue weighted by molar-refractivity contribution is 0.252. The normalized spacial score (nSPS) is 22.2. The lowest BCUT2D eigenvalue weighted by Gasteiger charge is -2.27. The first kappa shape index (κ1) is 11.0. The Morgan fingerprint density at radius 1 is 1.15 bits per heavy atom. The maximum atomic E-state index is 5.79. The van der Waals surface area contributed by atoms with Crippen molar-refractivity contribution in [3.05, 3.63) is 0 Å². The van der Waals surface area contributed by atoms with Crippen molar-refractivity contribution in [3.63, 3.8) is 0 Å². The van der Waals surface area contributed by atoms with E-state index in [0.717, 1.165) is 24.3 Å². The molecule has 78 valence electrons. The average Bonchev–Trinajstić information content (AvgIpc) is 2.15. The van der Waals surface area contributed by atoms with E-state index in [0.29, 0.717) is 0 Å². The Morgan fingerprint density at radius 2 is 1.77 bits per heavy atom. The first-order valence-corrected chi connectivity index (χ1v) is 5.94. The minimum atomic E-state index is 0.767. The first-order valence-electron chi connectivity index (χ1n) is 5.94. The van der Waals surface area contributed by atoms with Gasteiger partial charge in [-0.05, 0) is 30.7 Å². The summed E-state index contributed by atoms with van der Waals surface area (Å²) in [5.74, 6) is 2.53. The van der Waals surface area contributed by atoms with Crippen LogP contribution in [0.3, 0.4) is 0 Å². The molecule has 1 aliphatic carbocycles. The van der Waals surface area contributed by atoms with Crippen LogP contribution in [0.4, 0.5) is 0 Å². The minimum Gasteiger partial charge on any atom is -0.330 e. The predicted octanol–water partition coefficient (Wildman–Crippen LogP) is 3.19. The molecular formula is C12H25N. The van der Waals surface area contributed by atoms with E-state index in [1.807, 2.05) is 0 Å². The van der Waals surface area contributed by atoms with Gasteiger partial charge < -0.3 is 5.73 Å². The molecule has 1 nitrogen and oxygen atoms in total. The summed E-state index contributed by atoms with van der Waals surface area (Å²) in [6.07, 6.45) is 8.69. The zero-order chi connectivity index (χ0) is 9.68. The summed E-state index contributed by atoms with van der Waals surface area (Å²) < 4.78 is 0. The van der Waals surface area contributed by atoms with Gasteiger partial charge in [-0.2, -0.15) is 0 Å². The van der Waals surface area contributed by atoms with Crippen LogP contribution in [0.25, 0.3) is 0 Å². The first-order chi connectivity index (χ1) is 6.24. The van der Waals surface area contributed by atoms with Crippen molar-refractivity contribution in [2.75, 3.05) is 6.54 Å². The fraction of sp³-hybridized carbons (Fsp3) is 1.00. The highest BCUT2D eigenvalue weighted by Gasteiger charge is 2.19. The molecule has 0 aliphatic heterocycles. The molecule has 1 atom stereocenters. The van der Waals surface area contributed by atoms with E-state index in [1.54, 1.807) is 0 Å². The van der Waals surface area contributed by atoms with Gasteiger partial charge in [0.1, 0.15) is 0 Å². The van der Waals surface area contributed by atoms with Crippen molar-refractivity contribution < 1.29 is 0 Å². The van der Waals surface area contributed by atoms with Gasteiger partial charge in [-0.3, -0.25) is 0 Å². The molecule has 0 aromatic rings. The molecule has 1 unspecified atom stereocenters. The Morgan fingerprint density at radius 3 is 2.23 bits per heavy atom. The molecule has 1 rings (SSSR count). The Balaban J connectivity index is 2.27. The monoisotopic (exact) mass is 183 g/mol. The zero-order valence-electron chi connectivity index (χ0n) is 9.26. The topological polar surface area (TPSA) is 26.0 Å². The second-order valence-corrected chi connectivity index (χ2v) is 4.98. The fourth-order valence-corrected chi connectivity index (χ4v) is 2.49. The summed E-state index contributed by atoms with van der Waals surface area (Å²) in [5, 5.41) is 0. The predicted molar refractivity (Wildman–Crippen MR) is 58.6 cm³/mol. The summed E-state index contributed by atoms with van der Waals surface area (Å²) in [4.78, 5) is 0. The van der Waals surface area contributed by atoms with Gasteiger partial charge in [0.15, 0.2) is 0 Å². The Hall–Kier alpha value is -0.0400. The van der Waals surface area contributed by atoms with Crippen LogP contribution in [-0.2, 0) is 0 Å². The van der Waals surface area contributed by atoms with Crippen LogP contribution in [0.2, 0.25) is 0 Å². The lowest BCUT2D eigenvalue weighted by Crippen LogP contribution is -2.23. The molecule has 0 aromatic heterocycles. The van der Waals surface area contributed by atoms with Crippen molar-refractivity contribution in [2.45, 2.75) is 52.4 Å². The van der Waals surface area contributed by atoms with Gasteiger partial charge in [0.05, 0.1) is 0 Å². The SMILES string of the molecule is CC(C)C(CN)CC1CCCCC1. The third-order valence-corrected chi connectivity index (χ3v) is 3.61. The Bertz CT molecular complexity index is 125. The standard InChI is InChI=1S/C12H25N/c1-10(2)12(9-13)8-11-6-4-3-5-7-11/h10-12H,3-9,13H2,1-2H3. The molecular weight excluding hydrogens is 158 g/mol. The third-order valence-electron chi connectivity index (χ3n) is 3.61. The van der Waals surface area contributed by atoms with Gasteiger partial charge in [0.2, 0.25) is 0 Å². The Kier molecular flexibility index (Phi) is 4.79. The van der Waals surface area contributed by atoms with Crippen molar-refractivity contribution in [1.29, 1.82) is 0 Å². The van der Waals surface area contributed by atoms with Crippen LogP contribution in [0.15, 0.2) is 0 Å². The van der Waals surface area contributed by atoms with Gasteiger partial charge in [0, 0.05) is 0 Å². The van der Waals surface area contributed by atoms with E-state index in [2.05, 4.69) is 13.8 Å². The van der Waals surface area contributed by atoms with Crippen molar-refractivity contribution in [1.82, 2.24) is 0 Å². The highest BCUT2D eigenvalue weighted by atomic mass is 14.6. The average molecular weight is 183 g/mol. The van der Waals surface area contributed by atoms with Gasteiger partial charge in [-0.25, -0.2) is 0 Å². The third kappa shape index (κ3) is 3.68. The van der Waals surface area contributed by atoms with Crippen molar-refractivity contribution in [3.8, 4) is 0 Å². The summed E-state index contributed by atoms with van der Waals surface area (Å²) in [6, 6.07) is 0. The molecule has 0 saturated heterocycles. The number of rotatable bonds is 4. The molecule has 0 heterocycles. The van der Waals surface area contributed by atoms with E-state index in [4.69, 9.17) is 5.73 Å². The van der Waals surface area contributed by atoms with Crippen LogP contribution >= 0.6 is 0 Å². The van der Waals surface area contributed by atoms with Crippen LogP contribution in [0.5, 0.6) is 0 Å². The highest BCUT2D eigenvalue weighted by molar-refractivity contribution is 4.72. The number of hydrogen-bond acceptors (Lipinski definition) is 1. The number of hydrogen-bond donors (Lipinski definition) is 1. The fourth-order valence-electron chi connectivity index (χ4n) is 2.49. The van der Waals surface area contributed by atoms with E-state index < -0.39 is 0 Å². The highest BCUT2D eigenvalue weighted by Crippen LogP contribution is 2.30. The second-order valence-electron chi connectivity index (χ2n) is 4.98. The molecule has 0 bridgehead atoms. The maximum Gasteiger partial charge on any atom is -0.00463 e. The van der Waals surface area contributed by atoms with Crippen LogP contribution in [0.1, 0.15) is 52.4 Å². The smallest absolute Gasteiger partial charge is 0.00463 e. The Labute approximate surface area is 83.1 Å². The quantitative estimate of drug-likeness (QED) is 0.711. The second kappa shape index (κ2) is 5.64. The van der Waals surface area contributed by atoms with Crippen molar-refractivity contribution in [2.24, 2.45) is 23.5 Å². The van der Waals surface area contributed by atoms with E-state index in [1.165, 1.54) is 38.5 Å². The van der Waals surface area contributed by atoms with Crippen LogP contribution in [0, 0.1) is 17.8 Å². The molecule has 1 saturated carbocycles. The van der Waals surface area contributed by atoms with E-state index in [-0.39, 0.29) is 0 Å².